The van der Waals surface area contributed by atoms with Gasteiger partial charge >= 0.3 is 5.97 Å². The summed E-state index contributed by atoms with van der Waals surface area (Å²) in [4.78, 5) is 11.3. The van der Waals surface area contributed by atoms with E-state index < -0.39 is 0 Å². The molecule has 88 valence electrons. The van der Waals surface area contributed by atoms with Gasteiger partial charge in [-0.2, -0.15) is 0 Å². The second-order valence-corrected chi connectivity index (χ2v) is 3.34. The maximum absolute atomic E-state index is 11.3. The Morgan fingerprint density at radius 1 is 1.50 bits per heavy atom. The zero-order valence-corrected chi connectivity index (χ0v) is 9.91. The lowest BCUT2D eigenvalue weighted by atomic mass is 10.1. The summed E-state index contributed by atoms with van der Waals surface area (Å²) in [5.74, 6) is -0.236. The van der Waals surface area contributed by atoms with E-state index in [9.17, 15) is 4.79 Å². The molecule has 0 fully saturated rings. The fourth-order valence-corrected chi connectivity index (χ4v) is 1.67. The van der Waals surface area contributed by atoms with Crippen LogP contribution in [0.4, 0.5) is 11.4 Å². The highest BCUT2D eigenvalue weighted by molar-refractivity contribution is 5.83. The Bertz CT molecular complexity index is 377. The second kappa shape index (κ2) is 5.39. The molecule has 1 aliphatic heterocycles. The van der Waals surface area contributed by atoms with Crippen molar-refractivity contribution >= 4 is 17.3 Å². The van der Waals surface area contributed by atoms with Crippen molar-refractivity contribution in [3.8, 4) is 0 Å². The van der Waals surface area contributed by atoms with E-state index in [1.165, 1.54) is 7.11 Å². The molecule has 3 N–H and O–H groups in total. The van der Waals surface area contributed by atoms with Gasteiger partial charge in [-0.1, -0.05) is 13.8 Å². The van der Waals surface area contributed by atoms with Gasteiger partial charge in [-0.05, 0) is 23.8 Å². The molecule has 4 heteroatoms. The smallest absolute Gasteiger partial charge is 0.328 e. The molecule has 2 rings (SSSR count). The number of benzene rings is 1. The zero-order valence-electron chi connectivity index (χ0n) is 9.91. The van der Waals surface area contributed by atoms with Crippen LogP contribution in [0.1, 0.15) is 19.4 Å². The van der Waals surface area contributed by atoms with Gasteiger partial charge in [0.2, 0.25) is 0 Å². The van der Waals surface area contributed by atoms with Crippen molar-refractivity contribution in [3.05, 3.63) is 23.8 Å². The van der Waals surface area contributed by atoms with Gasteiger partial charge < -0.3 is 15.8 Å². The van der Waals surface area contributed by atoms with Gasteiger partial charge in [0.15, 0.2) is 0 Å². The summed E-state index contributed by atoms with van der Waals surface area (Å²) in [7, 11) is 1.39. The first-order chi connectivity index (χ1) is 7.70. The number of nitrogens with two attached hydrogens (primary N) is 1. The molecule has 0 saturated carbocycles. The number of rotatable bonds is 1. The lowest BCUT2D eigenvalue weighted by Gasteiger charge is -2.07. The van der Waals surface area contributed by atoms with Crippen molar-refractivity contribution < 1.29 is 9.53 Å². The molecule has 4 nitrogen and oxygen atoms in total. The van der Waals surface area contributed by atoms with E-state index in [2.05, 4.69) is 10.1 Å². The Hall–Kier alpha value is -1.71. The highest BCUT2D eigenvalue weighted by Gasteiger charge is 2.27. The van der Waals surface area contributed by atoms with Gasteiger partial charge in [-0.3, -0.25) is 0 Å². The maximum atomic E-state index is 11.3. The molecule has 1 aliphatic rings. The third kappa shape index (κ3) is 2.45. The van der Waals surface area contributed by atoms with Gasteiger partial charge in [-0.15, -0.1) is 0 Å². The predicted octanol–water partition coefficient (Wildman–Crippen LogP) is 1.80. The van der Waals surface area contributed by atoms with E-state index >= 15 is 0 Å². The summed E-state index contributed by atoms with van der Waals surface area (Å²) in [6.07, 6.45) is 0.646. The SMILES string of the molecule is CC.COC(=O)C1Cc2cc(N)ccc2N1. The number of ether oxygens (including phenoxy) is 1. The minimum absolute atomic E-state index is 0.236. The summed E-state index contributed by atoms with van der Waals surface area (Å²) in [6.45, 7) is 4.00. The van der Waals surface area contributed by atoms with E-state index in [-0.39, 0.29) is 12.0 Å². The van der Waals surface area contributed by atoms with Crippen molar-refractivity contribution in [3.63, 3.8) is 0 Å². The highest BCUT2D eigenvalue weighted by atomic mass is 16.5. The van der Waals surface area contributed by atoms with Crippen molar-refractivity contribution in [1.29, 1.82) is 0 Å². The number of hydrogen-bond donors (Lipinski definition) is 2. The fourth-order valence-electron chi connectivity index (χ4n) is 1.67. The standard InChI is InChI=1S/C10H12N2O2.C2H6/c1-14-10(13)9-5-6-4-7(11)2-3-8(6)12-9;1-2/h2-4,9,12H,5,11H2,1H3;1-2H3. The molecule has 0 saturated heterocycles. The lowest BCUT2D eigenvalue weighted by Crippen LogP contribution is -2.27. The Morgan fingerprint density at radius 3 is 2.81 bits per heavy atom. The summed E-state index contributed by atoms with van der Waals surface area (Å²) < 4.78 is 4.66. The van der Waals surface area contributed by atoms with Crippen LogP contribution in [0.25, 0.3) is 0 Å². The van der Waals surface area contributed by atoms with Gasteiger partial charge in [-0.25, -0.2) is 4.79 Å². The second-order valence-electron chi connectivity index (χ2n) is 3.34. The Kier molecular flexibility index (Phi) is 4.17. The monoisotopic (exact) mass is 222 g/mol. The molecule has 1 aromatic carbocycles. The van der Waals surface area contributed by atoms with Crippen LogP contribution >= 0.6 is 0 Å². The maximum Gasteiger partial charge on any atom is 0.328 e. The van der Waals surface area contributed by atoms with E-state index in [1.807, 2.05) is 32.0 Å². The summed E-state index contributed by atoms with van der Waals surface area (Å²) in [6, 6.07) is 5.31. The molecule has 0 aromatic heterocycles. The molecule has 1 unspecified atom stereocenters. The third-order valence-corrected chi connectivity index (χ3v) is 2.37. The minimum atomic E-state index is -0.267. The Labute approximate surface area is 95.8 Å². The number of carbonyl (C=O) groups is 1. The normalized spacial score (nSPS) is 16.6. The predicted molar refractivity (Wildman–Crippen MR) is 65.3 cm³/mol. The van der Waals surface area contributed by atoms with Crippen LogP contribution in [0.3, 0.4) is 0 Å². The molecule has 0 bridgehead atoms. The number of esters is 1. The fraction of sp³-hybridized carbons (Fsp3) is 0.417. The number of nitrogen functional groups attached to an aromatic ring is 1. The van der Waals surface area contributed by atoms with Gasteiger partial charge in [0, 0.05) is 17.8 Å². The van der Waals surface area contributed by atoms with E-state index in [0.717, 1.165) is 16.9 Å². The quantitative estimate of drug-likeness (QED) is 0.562. The summed E-state index contributed by atoms with van der Waals surface area (Å²) >= 11 is 0. The number of nitrogens with one attached hydrogen (secondary N) is 1. The van der Waals surface area contributed by atoms with Crippen LogP contribution in [0, 0.1) is 0 Å². The topological polar surface area (TPSA) is 64.3 Å². The van der Waals surface area contributed by atoms with E-state index in [0.29, 0.717) is 6.42 Å². The zero-order chi connectivity index (χ0) is 12.1. The minimum Gasteiger partial charge on any atom is -0.467 e. The van der Waals surface area contributed by atoms with Crippen LogP contribution < -0.4 is 11.1 Å². The van der Waals surface area contributed by atoms with Crippen molar-refractivity contribution in [2.45, 2.75) is 26.3 Å². The third-order valence-electron chi connectivity index (χ3n) is 2.37. The first-order valence-electron chi connectivity index (χ1n) is 5.43. The molecule has 0 amide bonds. The van der Waals surface area contributed by atoms with Gasteiger partial charge in [0.25, 0.3) is 0 Å². The first-order valence-corrected chi connectivity index (χ1v) is 5.43. The largest absolute Gasteiger partial charge is 0.467 e. The molecule has 0 aliphatic carbocycles. The number of hydrogen-bond acceptors (Lipinski definition) is 4. The number of carbonyl (C=O) groups excluding carboxylic acids is 1. The number of anilines is 2. The first kappa shape index (κ1) is 12.4. The van der Waals surface area contributed by atoms with Crippen molar-refractivity contribution in [2.75, 3.05) is 18.2 Å². The van der Waals surface area contributed by atoms with Crippen LogP contribution in [0.2, 0.25) is 0 Å². The molecule has 1 atom stereocenters. The molecule has 1 heterocycles. The van der Waals surface area contributed by atoms with Gasteiger partial charge in [0.1, 0.15) is 6.04 Å². The van der Waals surface area contributed by atoms with E-state index in [4.69, 9.17) is 5.73 Å². The number of fused-ring (bicyclic) bond motifs is 1. The molecular formula is C12H18N2O2. The van der Waals surface area contributed by atoms with Gasteiger partial charge in [0.05, 0.1) is 7.11 Å². The average molecular weight is 222 g/mol. The van der Waals surface area contributed by atoms with Crippen molar-refractivity contribution in [1.82, 2.24) is 0 Å². The van der Waals surface area contributed by atoms with Crippen LogP contribution in [-0.2, 0) is 16.0 Å². The summed E-state index contributed by atoms with van der Waals surface area (Å²) in [5, 5.41) is 3.08. The molecular weight excluding hydrogens is 204 g/mol. The molecule has 0 radical (unpaired) electrons. The Morgan fingerprint density at radius 2 is 2.19 bits per heavy atom. The Balaban J connectivity index is 0.000000606. The lowest BCUT2D eigenvalue weighted by molar-refractivity contribution is -0.141. The number of methoxy groups -OCH3 is 1. The highest BCUT2D eigenvalue weighted by Crippen LogP contribution is 2.27. The van der Waals surface area contributed by atoms with Crippen LogP contribution in [0.5, 0.6) is 0 Å². The van der Waals surface area contributed by atoms with Crippen LogP contribution in [-0.4, -0.2) is 19.1 Å². The average Bonchev–Trinajstić information content (AvgIpc) is 2.73. The van der Waals surface area contributed by atoms with E-state index in [1.54, 1.807) is 0 Å². The van der Waals surface area contributed by atoms with Crippen LogP contribution in [0.15, 0.2) is 18.2 Å². The summed E-state index contributed by atoms with van der Waals surface area (Å²) in [5.41, 5.74) is 8.40. The molecule has 1 aromatic rings. The molecule has 16 heavy (non-hydrogen) atoms. The molecule has 0 spiro atoms. The van der Waals surface area contributed by atoms with Crippen molar-refractivity contribution in [2.24, 2.45) is 0 Å².